The molecule has 1 aliphatic carbocycles. The standard InChI is InChI=1S/C22H26ClN5O3S/c23-16-2-4-17(5-3-16)27-8-14-10-28(11-15(14)9-27)21-24-19(26-22(12-29)6-1-7-22)18-20(25-21)31-13-32(18)30/h2-5,14-15,29H,1,6-13H2,(H,24,25,26)/t14?,15?,32-/m1/s1. The van der Waals surface area contributed by atoms with E-state index in [1.165, 1.54) is 5.69 Å². The molecule has 3 atom stereocenters. The molecule has 3 fully saturated rings. The maximum atomic E-state index is 12.5. The van der Waals surface area contributed by atoms with Crippen LogP contribution in [-0.4, -0.2) is 63.5 Å². The van der Waals surface area contributed by atoms with E-state index < -0.39 is 10.8 Å². The normalized spacial score (nSPS) is 27.6. The van der Waals surface area contributed by atoms with Gasteiger partial charge in [-0.15, -0.1) is 0 Å². The highest BCUT2D eigenvalue weighted by Crippen LogP contribution is 2.42. The zero-order valence-corrected chi connectivity index (χ0v) is 19.2. The van der Waals surface area contributed by atoms with Gasteiger partial charge in [-0.1, -0.05) is 11.6 Å². The van der Waals surface area contributed by atoms with E-state index in [9.17, 15) is 9.32 Å². The maximum Gasteiger partial charge on any atom is 0.238 e. The van der Waals surface area contributed by atoms with Gasteiger partial charge >= 0.3 is 0 Å². The molecule has 0 spiro atoms. The second kappa shape index (κ2) is 7.74. The fourth-order valence-corrected chi connectivity index (χ4v) is 6.39. The number of nitrogens with zero attached hydrogens (tertiary/aromatic N) is 4. The third-order valence-corrected chi connectivity index (χ3v) is 8.72. The van der Waals surface area contributed by atoms with Gasteiger partial charge in [-0.3, -0.25) is 4.21 Å². The van der Waals surface area contributed by atoms with Gasteiger partial charge in [-0.2, -0.15) is 9.97 Å². The zero-order valence-electron chi connectivity index (χ0n) is 17.7. The molecule has 4 heterocycles. The summed E-state index contributed by atoms with van der Waals surface area (Å²) < 4.78 is 18.2. The van der Waals surface area contributed by atoms with Crippen LogP contribution < -0.4 is 19.9 Å². The Hall–Kier alpha value is -2.10. The number of nitrogens with one attached hydrogen (secondary N) is 1. The third kappa shape index (κ3) is 3.41. The fraction of sp³-hybridized carbons (Fsp3) is 0.545. The first-order chi connectivity index (χ1) is 15.5. The van der Waals surface area contributed by atoms with Crippen LogP contribution in [0.5, 0.6) is 5.88 Å². The highest BCUT2D eigenvalue weighted by Gasteiger charge is 2.43. The van der Waals surface area contributed by atoms with Gasteiger partial charge in [0.25, 0.3) is 0 Å². The molecule has 8 nitrogen and oxygen atoms in total. The molecule has 2 aromatic rings. The Morgan fingerprint density at radius 2 is 1.81 bits per heavy atom. The number of aromatic nitrogens is 2. The number of benzene rings is 1. The van der Waals surface area contributed by atoms with Crippen LogP contribution in [-0.2, 0) is 10.8 Å². The number of ether oxygens (including phenoxy) is 1. The molecule has 1 aromatic heterocycles. The summed E-state index contributed by atoms with van der Waals surface area (Å²) in [6.45, 7) is 3.77. The van der Waals surface area contributed by atoms with Crippen molar-refractivity contribution in [3.05, 3.63) is 29.3 Å². The maximum absolute atomic E-state index is 12.5. The Kier molecular flexibility index (Phi) is 4.96. The number of rotatable bonds is 5. The summed E-state index contributed by atoms with van der Waals surface area (Å²) in [7, 11) is -1.29. The number of fused-ring (bicyclic) bond motifs is 2. The van der Waals surface area contributed by atoms with Gasteiger partial charge in [0.2, 0.25) is 11.8 Å². The first kappa shape index (κ1) is 20.5. The van der Waals surface area contributed by atoms with Gasteiger partial charge in [0, 0.05) is 48.7 Å². The first-order valence-corrected chi connectivity index (χ1v) is 12.8. The largest absolute Gasteiger partial charge is 0.463 e. The first-order valence-electron chi connectivity index (χ1n) is 11.1. The van der Waals surface area contributed by atoms with Crippen LogP contribution in [0.25, 0.3) is 0 Å². The minimum absolute atomic E-state index is 0.0308. The molecule has 6 rings (SSSR count). The topological polar surface area (TPSA) is 90.8 Å². The van der Waals surface area contributed by atoms with Crippen molar-refractivity contribution in [2.24, 2.45) is 11.8 Å². The van der Waals surface area contributed by atoms with Crippen molar-refractivity contribution >= 4 is 39.9 Å². The van der Waals surface area contributed by atoms with Crippen LogP contribution in [0.2, 0.25) is 5.02 Å². The van der Waals surface area contributed by atoms with Gasteiger partial charge < -0.3 is 25.0 Å². The molecule has 32 heavy (non-hydrogen) atoms. The Morgan fingerprint density at radius 1 is 1.12 bits per heavy atom. The average molecular weight is 476 g/mol. The predicted molar refractivity (Wildman–Crippen MR) is 124 cm³/mol. The summed E-state index contributed by atoms with van der Waals surface area (Å²) in [5.41, 5.74) is 0.827. The van der Waals surface area contributed by atoms with E-state index in [1.807, 2.05) is 12.1 Å². The molecule has 2 unspecified atom stereocenters. The number of anilines is 3. The van der Waals surface area contributed by atoms with Gasteiger partial charge in [0.15, 0.2) is 11.8 Å². The highest BCUT2D eigenvalue weighted by atomic mass is 35.5. The monoisotopic (exact) mass is 475 g/mol. The summed E-state index contributed by atoms with van der Waals surface area (Å²) in [6, 6.07) is 8.04. The highest BCUT2D eigenvalue weighted by molar-refractivity contribution is 7.85. The van der Waals surface area contributed by atoms with Crippen LogP contribution >= 0.6 is 11.6 Å². The van der Waals surface area contributed by atoms with Crippen molar-refractivity contribution in [2.75, 3.05) is 53.8 Å². The van der Waals surface area contributed by atoms with Gasteiger partial charge in [0.05, 0.1) is 12.1 Å². The SMILES string of the molecule is O=[S@@]1COc2nc(N3CC4CN(c5ccc(Cl)cc5)CC4C3)nc(NC3(CO)CCC3)c21. The quantitative estimate of drug-likeness (QED) is 0.681. The number of halogens is 1. The summed E-state index contributed by atoms with van der Waals surface area (Å²) in [4.78, 5) is 14.6. The van der Waals surface area contributed by atoms with E-state index in [0.717, 1.165) is 50.5 Å². The van der Waals surface area contributed by atoms with E-state index in [-0.39, 0.29) is 18.1 Å². The number of hydrogen-bond acceptors (Lipinski definition) is 8. The fourth-order valence-electron chi connectivity index (χ4n) is 5.31. The molecule has 4 aliphatic rings. The summed E-state index contributed by atoms with van der Waals surface area (Å²) >= 11 is 6.04. The van der Waals surface area contributed by atoms with E-state index in [2.05, 4.69) is 32.2 Å². The van der Waals surface area contributed by atoms with Crippen LogP contribution in [0.15, 0.2) is 29.2 Å². The molecule has 10 heteroatoms. The van der Waals surface area contributed by atoms with Crippen molar-refractivity contribution in [1.82, 2.24) is 9.97 Å². The van der Waals surface area contributed by atoms with Crippen LogP contribution in [0, 0.1) is 11.8 Å². The number of hydrogen-bond donors (Lipinski definition) is 2. The minimum Gasteiger partial charge on any atom is -0.463 e. The number of aliphatic hydroxyl groups is 1. The van der Waals surface area contributed by atoms with E-state index in [0.29, 0.717) is 34.4 Å². The average Bonchev–Trinajstić information content (AvgIpc) is 3.44. The lowest BCUT2D eigenvalue weighted by Gasteiger charge is -2.41. The Morgan fingerprint density at radius 3 is 2.44 bits per heavy atom. The zero-order chi connectivity index (χ0) is 21.9. The lowest BCUT2D eigenvalue weighted by Crippen LogP contribution is -2.48. The second-order valence-electron chi connectivity index (χ2n) is 9.34. The molecular formula is C22H26ClN5O3S. The van der Waals surface area contributed by atoms with Crippen molar-refractivity contribution in [2.45, 2.75) is 29.7 Å². The molecule has 0 bridgehead atoms. The molecular weight excluding hydrogens is 450 g/mol. The molecule has 1 saturated carbocycles. The summed E-state index contributed by atoms with van der Waals surface area (Å²) in [5.74, 6) is 2.74. The van der Waals surface area contributed by atoms with Crippen molar-refractivity contribution in [3.63, 3.8) is 0 Å². The minimum atomic E-state index is -1.29. The van der Waals surface area contributed by atoms with Gasteiger partial charge in [-0.25, -0.2) is 0 Å². The third-order valence-electron chi connectivity index (χ3n) is 7.31. The molecule has 2 N–H and O–H groups in total. The molecule has 2 saturated heterocycles. The van der Waals surface area contributed by atoms with Crippen molar-refractivity contribution in [3.8, 4) is 5.88 Å². The Bertz CT molecular complexity index is 1040. The smallest absolute Gasteiger partial charge is 0.238 e. The number of aliphatic hydroxyl groups excluding tert-OH is 1. The molecule has 170 valence electrons. The lowest BCUT2D eigenvalue weighted by molar-refractivity contribution is 0.143. The molecule has 0 radical (unpaired) electrons. The van der Waals surface area contributed by atoms with Crippen LogP contribution in [0.4, 0.5) is 17.5 Å². The van der Waals surface area contributed by atoms with Crippen molar-refractivity contribution < 1.29 is 14.1 Å². The molecule has 1 aromatic carbocycles. The predicted octanol–water partition coefficient (Wildman–Crippen LogP) is 2.49. The van der Waals surface area contributed by atoms with Gasteiger partial charge in [0.1, 0.15) is 15.7 Å². The summed E-state index contributed by atoms with van der Waals surface area (Å²) in [6.07, 6.45) is 2.81. The van der Waals surface area contributed by atoms with Crippen LogP contribution in [0.3, 0.4) is 0 Å². The van der Waals surface area contributed by atoms with Crippen molar-refractivity contribution in [1.29, 1.82) is 0 Å². The molecule has 0 amide bonds. The van der Waals surface area contributed by atoms with E-state index in [1.54, 1.807) is 0 Å². The van der Waals surface area contributed by atoms with Crippen LogP contribution in [0.1, 0.15) is 19.3 Å². The Labute approximate surface area is 194 Å². The lowest BCUT2D eigenvalue weighted by atomic mass is 9.77. The summed E-state index contributed by atoms with van der Waals surface area (Å²) in [5, 5.41) is 14.1. The van der Waals surface area contributed by atoms with Gasteiger partial charge in [-0.05, 0) is 43.5 Å². The van der Waals surface area contributed by atoms with E-state index in [4.69, 9.17) is 21.3 Å². The molecule has 3 aliphatic heterocycles. The Balaban J connectivity index is 1.22. The van der Waals surface area contributed by atoms with E-state index >= 15 is 0 Å². The second-order valence-corrected chi connectivity index (χ2v) is 11.1.